The fourth-order valence-electron chi connectivity index (χ4n) is 3.38. The zero-order valence-electron chi connectivity index (χ0n) is 13.2. The van der Waals surface area contributed by atoms with E-state index < -0.39 is 6.09 Å². The molecule has 0 aliphatic carbocycles. The van der Waals surface area contributed by atoms with Crippen LogP contribution in [0, 0.1) is 0 Å². The molecule has 24 heavy (non-hydrogen) atoms. The van der Waals surface area contributed by atoms with E-state index in [0.29, 0.717) is 18.7 Å². The Labute approximate surface area is 139 Å². The lowest BCUT2D eigenvalue weighted by molar-refractivity contribution is 0.109. The smallest absolute Gasteiger partial charge is 0.410 e. The second-order valence-electron chi connectivity index (χ2n) is 5.82. The van der Waals surface area contributed by atoms with Gasteiger partial charge in [-0.25, -0.2) is 4.79 Å². The summed E-state index contributed by atoms with van der Waals surface area (Å²) in [7, 11) is 1.37. The normalized spacial score (nSPS) is 18.2. The van der Waals surface area contributed by atoms with Crippen LogP contribution in [0.2, 0.25) is 0 Å². The van der Waals surface area contributed by atoms with Gasteiger partial charge in [-0.2, -0.15) is 0 Å². The van der Waals surface area contributed by atoms with Gasteiger partial charge in [0.05, 0.1) is 13.2 Å². The van der Waals surface area contributed by atoms with Crippen molar-refractivity contribution in [3.8, 4) is 17.2 Å². The fourth-order valence-corrected chi connectivity index (χ4v) is 3.38. The molecule has 1 unspecified atom stereocenters. The molecule has 2 heterocycles. The van der Waals surface area contributed by atoms with Gasteiger partial charge in [0.1, 0.15) is 5.75 Å². The molecule has 2 aromatic carbocycles. The molecular weight excluding hydrogens is 310 g/mol. The fraction of sp³-hybridized carbons (Fsp3) is 0.278. The first-order valence-electron chi connectivity index (χ1n) is 7.73. The predicted molar refractivity (Wildman–Crippen MR) is 85.3 cm³/mol. The lowest BCUT2D eigenvalue weighted by Gasteiger charge is -2.36. The quantitative estimate of drug-likeness (QED) is 0.872. The van der Waals surface area contributed by atoms with E-state index in [9.17, 15) is 9.90 Å². The lowest BCUT2D eigenvalue weighted by Crippen LogP contribution is -2.40. The second-order valence-corrected chi connectivity index (χ2v) is 5.82. The number of amides is 1. The molecule has 1 amide bonds. The van der Waals surface area contributed by atoms with Gasteiger partial charge in [-0.05, 0) is 47.4 Å². The Morgan fingerprint density at radius 3 is 2.79 bits per heavy atom. The largest absolute Gasteiger partial charge is 0.508 e. The number of benzene rings is 2. The van der Waals surface area contributed by atoms with Crippen LogP contribution in [0.4, 0.5) is 4.79 Å². The zero-order chi connectivity index (χ0) is 16.7. The number of ether oxygens (including phenoxy) is 3. The number of methoxy groups -OCH3 is 1. The minimum Gasteiger partial charge on any atom is -0.508 e. The molecule has 124 valence electrons. The van der Waals surface area contributed by atoms with Crippen molar-refractivity contribution in [1.29, 1.82) is 0 Å². The van der Waals surface area contributed by atoms with Gasteiger partial charge < -0.3 is 19.3 Å². The van der Waals surface area contributed by atoms with Crippen LogP contribution in [0.3, 0.4) is 0 Å². The van der Waals surface area contributed by atoms with Gasteiger partial charge in [0.25, 0.3) is 0 Å². The van der Waals surface area contributed by atoms with Crippen molar-refractivity contribution in [2.75, 3.05) is 20.4 Å². The van der Waals surface area contributed by atoms with E-state index in [0.717, 1.165) is 22.4 Å². The summed E-state index contributed by atoms with van der Waals surface area (Å²) < 4.78 is 15.9. The average molecular weight is 327 g/mol. The number of nitrogens with zero attached hydrogens (tertiary/aromatic N) is 1. The van der Waals surface area contributed by atoms with Crippen LogP contribution >= 0.6 is 0 Å². The topological polar surface area (TPSA) is 68.2 Å². The first-order chi connectivity index (χ1) is 11.7. The second kappa shape index (κ2) is 5.63. The zero-order valence-corrected chi connectivity index (χ0v) is 13.2. The van der Waals surface area contributed by atoms with Crippen molar-refractivity contribution < 1.29 is 24.1 Å². The molecule has 2 aliphatic rings. The Hall–Kier alpha value is -2.89. The van der Waals surface area contributed by atoms with Gasteiger partial charge in [0.15, 0.2) is 11.5 Å². The van der Waals surface area contributed by atoms with Crippen molar-refractivity contribution in [3.63, 3.8) is 0 Å². The van der Waals surface area contributed by atoms with E-state index >= 15 is 0 Å². The molecule has 1 N–H and O–H groups in total. The van der Waals surface area contributed by atoms with E-state index in [-0.39, 0.29) is 18.6 Å². The van der Waals surface area contributed by atoms with Crippen molar-refractivity contribution in [2.45, 2.75) is 12.5 Å². The number of carbonyl (C=O) groups is 1. The Kier molecular flexibility index (Phi) is 3.45. The van der Waals surface area contributed by atoms with Crippen LogP contribution in [0.25, 0.3) is 0 Å². The Bertz CT molecular complexity index is 804. The molecule has 0 radical (unpaired) electrons. The summed E-state index contributed by atoms with van der Waals surface area (Å²) in [6.07, 6.45) is 0.308. The van der Waals surface area contributed by atoms with Gasteiger partial charge in [0.2, 0.25) is 6.79 Å². The standard InChI is InChI=1S/C18H17NO5/c1-22-18(21)19-6-5-11-8-15-16(24-10-23-15)9-14(11)17(19)12-3-2-4-13(20)7-12/h2-4,7-9,17,20H,5-6,10H2,1H3. The highest BCUT2D eigenvalue weighted by Gasteiger charge is 2.34. The number of carbonyl (C=O) groups excluding carboxylic acids is 1. The highest BCUT2D eigenvalue weighted by atomic mass is 16.7. The molecular formula is C18H17NO5. The van der Waals surface area contributed by atoms with E-state index in [1.807, 2.05) is 18.2 Å². The summed E-state index contributed by atoms with van der Waals surface area (Å²) in [6, 6.07) is 10.5. The van der Waals surface area contributed by atoms with Crippen LogP contribution in [0.1, 0.15) is 22.7 Å². The summed E-state index contributed by atoms with van der Waals surface area (Å²) in [5.74, 6) is 1.56. The van der Waals surface area contributed by atoms with Gasteiger partial charge in [-0.15, -0.1) is 0 Å². The van der Waals surface area contributed by atoms with Gasteiger partial charge in [0, 0.05) is 6.54 Å². The molecule has 0 bridgehead atoms. The number of phenolic OH excluding ortho intramolecular Hbond substituents is 1. The number of hydrogen-bond acceptors (Lipinski definition) is 5. The van der Waals surface area contributed by atoms with Crippen LogP contribution in [-0.2, 0) is 11.2 Å². The maximum absolute atomic E-state index is 12.3. The molecule has 4 rings (SSSR count). The van der Waals surface area contributed by atoms with E-state index in [1.54, 1.807) is 23.1 Å². The number of phenols is 1. The third-order valence-corrected chi connectivity index (χ3v) is 4.46. The Balaban J connectivity index is 1.86. The van der Waals surface area contributed by atoms with Crippen LogP contribution in [0.15, 0.2) is 36.4 Å². The average Bonchev–Trinajstić information content (AvgIpc) is 3.05. The number of hydrogen-bond donors (Lipinski definition) is 1. The molecule has 0 fully saturated rings. The summed E-state index contributed by atoms with van der Waals surface area (Å²) in [5.41, 5.74) is 2.88. The molecule has 1 atom stereocenters. The van der Waals surface area contributed by atoms with E-state index in [4.69, 9.17) is 14.2 Å². The Morgan fingerprint density at radius 2 is 2.04 bits per heavy atom. The van der Waals surface area contributed by atoms with Gasteiger partial charge in [-0.1, -0.05) is 12.1 Å². The van der Waals surface area contributed by atoms with Crippen molar-refractivity contribution >= 4 is 6.09 Å². The minimum absolute atomic E-state index is 0.158. The molecule has 6 nitrogen and oxygen atoms in total. The molecule has 6 heteroatoms. The van der Waals surface area contributed by atoms with E-state index in [2.05, 4.69) is 0 Å². The molecule has 2 aliphatic heterocycles. The Morgan fingerprint density at radius 1 is 1.25 bits per heavy atom. The van der Waals surface area contributed by atoms with Gasteiger partial charge in [-0.3, -0.25) is 4.90 Å². The maximum Gasteiger partial charge on any atom is 0.410 e. The van der Waals surface area contributed by atoms with Crippen LogP contribution in [-0.4, -0.2) is 36.5 Å². The van der Waals surface area contributed by atoms with Gasteiger partial charge >= 0.3 is 6.09 Å². The summed E-state index contributed by atoms with van der Waals surface area (Å²) in [5, 5.41) is 9.85. The molecule has 0 aromatic heterocycles. The lowest BCUT2D eigenvalue weighted by atomic mass is 9.88. The highest BCUT2D eigenvalue weighted by molar-refractivity contribution is 5.70. The number of fused-ring (bicyclic) bond motifs is 2. The van der Waals surface area contributed by atoms with Crippen molar-refractivity contribution in [3.05, 3.63) is 53.1 Å². The van der Waals surface area contributed by atoms with E-state index in [1.165, 1.54) is 7.11 Å². The SMILES string of the molecule is COC(=O)N1CCc2cc3c(cc2C1c1cccc(O)c1)OCO3. The highest BCUT2D eigenvalue weighted by Crippen LogP contribution is 2.43. The monoisotopic (exact) mass is 327 g/mol. The first kappa shape index (κ1) is 14.7. The van der Waals surface area contributed by atoms with Crippen LogP contribution < -0.4 is 9.47 Å². The maximum atomic E-state index is 12.3. The number of rotatable bonds is 1. The predicted octanol–water partition coefficient (Wildman–Crippen LogP) is 2.83. The summed E-state index contributed by atoms with van der Waals surface area (Å²) in [6.45, 7) is 0.732. The van der Waals surface area contributed by atoms with Crippen molar-refractivity contribution in [2.24, 2.45) is 0 Å². The third-order valence-electron chi connectivity index (χ3n) is 4.46. The summed E-state index contributed by atoms with van der Waals surface area (Å²) in [4.78, 5) is 13.9. The number of aromatic hydroxyl groups is 1. The molecule has 0 saturated carbocycles. The third kappa shape index (κ3) is 2.31. The van der Waals surface area contributed by atoms with Crippen molar-refractivity contribution in [1.82, 2.24) is 4.90 Å². The molecule has 0 spiro atoms. The minimum atomic E-state index is -0.397. The first-order valence-corrected chi connectivity index (χ1v) is 7.73. The van der Waals surface area contributed by atoms with Crippen LogP contribution in [0.5, 0.6) is 17.2 Å². The summed E-state index contributed by atoms with van der Waals surface area (Å²) >= 11 is 0. The molecule has 2 aromatic rings. The molecule has 0 saturated heterocycles.